The number of hydrogen-bond donors (Lipinski definition) is 3. The maximum Gasteiger partial charge on any atom is 0.300 e. The first kappa shape index (κ1) is 13.9. The van der Waals surface area contributed by atoms with Gasteiger partial charge in [0.05, 0.1) is 6.04 Å². The fourth-order valence-electron chi connectivity index (χ4n) is 1.03. The van der Waals surface area contributed by atoms with E-state index in [2.05, 4.69) is 17.6 Å². The topological polar surface area (TPSA) is 78.4 Å². The quantitative estimate of drug-likeness (QED) is 0.634. The van der Waals surface area contributed by atoms with Crippen molar-refractivity contribution in [1.29, 1.82) is 0 Å². The molecule has 5 nitrogen and oxygen atoms in total. The first-order valence-electron chi connectivity index (χ1n) is 5.25. The summed E-state index contributed by atoms with van der Waals surface area (Å²) in [6.07, 6.45) is 2.79. The molecule has 0 atom stereocenters. The third-order valence-corrected chi connectivity index (χ3v) is 1.90. The second-order valence-corrected chi connectivity index (χ2v) is 3.55. The van der Waals surface area contributed by atoms with E-state index in [-0.39, 0.29) is 5.91 Å². The zero-order valence-electron chi connectivity index (χ0n) is 9.38. The zero-order valence-corrected chi connectivity index (χ0v) is 9.38. The number of rotatable bonds is 4. The van der Waals surface area contributed by atoms with E-state index in [1.807, 2.05) is 0 Å². The molecule has 15 heavy (non-hydrogen) atoms. The molecule has 5 heteroatoms. The minimum atomic E-state index is -0.833. The van der Waals surface area contributed by atoms with E-state index in [4.69, 9.17) is 9.90 Å². The first-order valence-corrected chi connectivity index (χ1v) is 5.25. The molecule has 1 saturated heterocycles. The van der Waals surface area contributed by atoms with Crippen molar-refractivity contribution in [3.63, 3.8) is 0 Å². The number of carbonyl (C=O) groups is 2. The Morgan fingerprint density at radius 1 is 1.47 bits per heavy atom. The predicted molar refractivity (Wildman–Crippen MR) is 57.6 cm³/mol. The first-order chi connectivity index (χ1) is 7.06. The van der Waals surface area contributed by atoms with E-state index in [9.17, 15) is 4.79 Å². The summed E-state index contributed by atoms with van der Waals surface area (Å²) in [7, 11) is 0. The highest BCUT2D eigenvalue weighted by molar-refractivity contribution is 5.76. The van der Waals surface area contributed by atoms with Gasteiger partial charge in [0.25, 0.3) is 5.97 Å². The Bertz CT molecular complexity index is 199. The van der Waals surface area contributed by atoms with Crippen LogP contribution in [0, 0.1) is 0 Å². The Kier molecular flexibility index (Phi) is 7.62. The maximum absolute atomic E-state index is 11.1. The van der Waals surface area contributed by atoms with Crippen LogP contribution in [0.4, 0.5) is 0 Å². The normalized spacial score (nSPS) is 14.5. The SMILES string of the molecule is CC(=O)O.CCCCC(=O)NC1CNC1. The van der Waals surface area contributed by atoms with Crippen LogP contribution in [0.5, 0.6) is 0 Å². The van der Waals surface area contributed by atoms with Gasteiger partial charge in [-0.25, -0.2) is 0 Å². The Morgan fingerprint density at radius 3 is 2.33 bits per heavy atom. The van der Waals surface area contributed by atoms with Crippen LogP contribution in [-0.4, -0.2) is 36.1 Å². The molecule has 0 aromatic heterocycles. The van der Waals surface area contributed by atoms with Crippen LogP contribution in [0.2, 0.25) is 0 Å². The molecule has 1 fully saturated rings. The Hall–Kier alpha value is -1.10. The fraction of sp³-hybridized carbons (Fsp3) is 0.800. The van der Waals surface area contributed by atoms with Crippen LogP contribution in [-0.2, 0) is 9.59 Å². The fourth-order valence-corrected chi connectivity index (χ4v) is 1.03. The highest BCUT2D eigenvalue weighted by Crippen LogP contribution is 1.96. The van der Waals surface area contributed by atoms with Crippen molar-refractivity contribution in [3.05, 3.63) is 0 Å². The Balaban J connectivity index is 0.000000423. The number of amides is 1. The van der Waals surface area contributed by atoms with Gasteiger partial charge < -0.3 is 15.7 Å². The molecule has 0 saturated carbocycles. The number of aliphatic carboxylic acids is 1. The van der Waals surface area contributed by atoms with Gasteiger partial charge in [0.1, 0.15) is 0 Å². The van der Waals surface area contributed by atoms with Gasteiger partial charge in [0, 0.05) is 26.4 Å². The van der Waals surface area contributed by atoms with E-state index < -0.39 is 5.97 Å². The maximum atomic E-state index is 11.1. The molecule has 1 aliphatic heterocycles. The molecule has 1 aliphatic rings. The highest BCUT2D eigenvalue weighted by atomic mass is 16.4. The van der Waals surface area contributed by atoms with E-state index >= 15 is 0 Å². The van der Waals surface area contributed by atoms with Crippen LogP contribution in [0.15, 0.2) is 0 Å². The van der Waals surface area contributed by atoms with E-state index in [1.54, 1.807) is 0 Å². The van der Waals surface area contributed by atoms with E-state index in [1.165, 1.54) is 0 Å². The smallest absolute Gasteiger partial charge is 0.300 e. The minimum absolute atomic E-state index is 0.207. The van der Waals surface area contributed by atoms with Crippen molar-refractivity contribution >= 4 is 11.9 Å². The minimum Gasteiger partial charge on any atom is -0.481 e. The number of carbonyl (C=O) groups excluding carboxylic acids is 1. The van der Waals surface area contributed by atoms with Crippen LogP contribution >= 0.6 is 0 Å². The summed E-state index contributed by atoms with van der Waals surface area (Å²) in [6.45, 7) is 5.06. The molecule has 0 aromatic rings. The molecule has 0 unspecified atom stereocenters. The molecule has 1 rings (SSSR count). The monoisotopic (exact) mass is 216 g/mol. The second-order valence-electron chi connectivity index (χ2n) is 3.55. The van der Waals surface area contributed by atoms with E-state index in [0.717, 1.165) is 32.9 Å². The molecule has 1 heterocycles. The lowest BCUT2D eigenvalue weighted by atomic mass is 10.1. The number of nitrogens with one attached hydrogen (secondary N) is 2. The molecular weight excluding hydrogens is 196 g/mol. The predicted octanol–water partition coefficient (Wildman–Crippen LogP) is 0.356. The van der Waals surface area contributed by atoms with Gasteiger partial charge >= 0.3 is 0 Å². The van der Waals surface area contributed by atoms with Crippen molar-refractivity contribution in [1.82, 2.24) is 10.6 Å². The second kappa shape index (κ2) is 8.23. The largest absolute Gasteiger partial charge is 0.481 e. The summed E-state index contributed by atoms with van der Waals surface area (Å²) in [5.41, 5.74) is 0. The Morgan fingerprint density at radius 2 is 2.00 bits per heavy atom. The van der Waals surface area contributed by atoms with Crippen LogP contribution in [0.25, 0.3) is 0 Å². The molecule has 0 spiro atoms. The summed E-state index contributed by atoms with van der Waals surface area (Å²) in [6, 6.07) is 0.402. The zero-order chi connectivity index (χ0) is 11.7. The lowest BCUT2D eigenvalue weighted by Crippen LogP contribution is -2.56. The van der Waals surface area contributed by atoms with Crippen molar-refractivity contribution < 1.29 is 14.7 Å². The number of carboxylic acids is 1. The lowest BCUT2D eigenvalue weighted by Gasteiger charge is -2.27. The van der Waals surface area contributed by atoms with Crippen LogP contribution in [0.3, 0.4) is 0 Å². The Labute approximate surface area is 90.2 Å². The van der Waals surface area contributed by atoms with Gasteiger partial charge in [-0.15, -0.1) is 0 Å². The number of carboxylic acid groups (broad SMARTS) is 1. The van der Waals surface area contributed by atoms with Gasteiger partial charge in [-0.3, -0.25) is 9.59 Å². The average molecular weight is 216 g/mol. The molecular formula is C10H20N2O3. The number of hydrogen-bond acceptors (Lipinski definition) is 3. The van der Waals surface area contributed by atoms with Gasteiger partial charge in [-0.1, -0.05) is 13.3 Å². The lowest BCUT2D eigenvalue weighted by molar-refractivity contribution is -0.134. The summed E-state index contributed by atoms with van der Waals surface area (Å²) >= 11 is 0. The molecule has 0 bridgehead atoms. The molecule has 0 aromatic carbocycles. The average Bonchev–Trinajstić information content (AvgIpc) is 2.07. The molecule has 88 valence electrons. The van der Waals surface area contributed by atoms with Gasteiger partial charge in [0.2, 0.25) is 5.91 Å². The van der Waals surface area contributed by atoms with Crippen molar-refractivity contribution in [2.75, 3.05) is 13.1 Å². The summed E-state index contributed by atoms with van der Waals surface area (Å²) < 4.78 is 0. The third-order valence-electron chi connectivity index (χ3n) is 1.90. The van der Waals surface area contributed by atoms with Crippen LogP contribution in [0.1, 0.15) is 33.1 Å². The standard InChI is InChI=1S/C8H16N2O.C2H4O2/c1-2-3-4-8(11)10-7-5-9-6-7;1-2(3)4/h7,9H,2-6H2,1H3,(H,10,11);1H3,(H,3,4). The summed E-state index contributed by atoms with van der Waals surface area (Å²) in [4.78, 5) is 20.1. The van der Waals surface area contributed by atoms with Gasteiger partial charge in [0.15, 0.2) is 0 Å². The van der Waals surface area contributed by atoms with Crippen molar-refractivity contribution in [3.8, 4) is 0 Å². The van der Waals surface area contributed by atoms with Crippen molar-refractivity contribution in [2.45, 2.75) is 39.2 Å². The number of unbranched alkanes of at least 4 members (excludes halogenated alkanes) is 1. The molecule has 0 aliphatic carbocycles. The molecule has 3 N–H and O–H groups in total. The summed E-state index contributed by atoms with van der Waals surface area (Å²) in [5.74, 6) is -0.627. The van der Waals surface area contributed by atoms with Crippen molar-refractivity contribution in [2.24, 2.45) is 0 Å². The van der Waals surface area contributed by atoms with Gasteiger partial charge in [-0.2, -0.15) is 0 Å². The van der Waals surface area contributed by atoms with Gasteiger partial charge in [-0.05, 0) is 6.42 Å². The molecule has 1 amide bonds. The highest BCUT2D eigenvalue weighted by Gasteiger charge is 2.17. The van der Waals surface area contributed by atoms with E-state index in [0.29, 0.717) is 12.5 Å². The third kappa shape index (κ3) is 9.21. The van der Waals surface area contributed by atoms with Crippen LogP contribution < -0.4 is 10.6 Å². The molecule has 0 radical (unpaired) electrons. The summed E-state index contributed by atoms with van der Waals surface area (Å²) in [5, 5.41) is 13.5.